The number of methoxy groups -OCH3 is 1. The predicted molar refractivity (Wildman–Crippen MR) is 77.4 cm³/mol. The topological polar surface area (TPSA) is 35.5 Å². The summed E-state index contributed by atoms with van der Waals surface area (Å²) in [5.74, 6) is 0.257. The van der Waals surface area contributed by atoms with E-state index in [9.17, 15) is 4.79 Å². The largest absolute Gasteiger partial charge is 0.493 e. The molecule has 0 amide bonds. The van der Waals surface area contributed by atoms with Crippen LogP contribution in [0.5, 0.6) is 5.75 Å². The Morgan fingerprint density at radius 2 is 2.05 bits per heavy atom. The van der Waals surface area contributed by atoms with Gasteiger partial charge in [0.1, 0.15) is 5.75 Å². The van der Waals surface area contributed by atoms with Crippen molar-refractivity contribution in [3.8, 4) is 16.9 Å². The molecule has 0 fully saturated rings. The van der Waals surface area contributed by atoms with E-state index in [4.69, 9.17) is 21.1 Å². The van der Waals surface area contributed by atoms with Crippen molar-refractivity contribution in [1.29, 1.82) is 0 Å². The molecule has 0 aliphatic carbocycles. The van der Waals surface area contributed by atoms with Crippen molar-refractivity contribution in [2.75, 3.05) is 13.7 Å². The molecule has 0 unspecified atom stereocenters. The number of rotatable bonds is 1. The van der Waals surface area contributed by atoms with Crippen LogP contribution in [0.25, 0.3) is 11.1 Å². The van der Waals surface area contributed by atoms with Gasteiger partial charge in [0.2, 0.25) is 0 Å². The first-order valence-electron chi connectivity index (χ1n) is 6.33. The second kappa shape index (κ2) is 5.17. The summed E-state index contributed by atoms with van der Waals surface area (Å²) in [6.07, 6.45) is 0.829. The number of hydrogen-bond acceptors (Lipinski definition) is 3. The second-order valence-corrected chi connectivity index (χ2v) is 4.98. The Morgan fingerprint density at radius 1 is 1.25 bits per heavy atom. The van der Waals surface area contributed by atoms with E-state index >= 15 is 0 Å². The van der Waals surface area contributed by atoms with Crippen LogP contribution in [0.1, 0.15) is 15.9 Å². The molecule has 1 aliphatic rings. The third-order valence-corrected chi connectivity index (χ3v) is 3.72. The van der Waals surface area contributed by atoms with Gasteiger partial charge in [-0.2, -0.15) is 0 Å². The summed E-state index contributed by atoms with van der Waals surface area (Å²) in [5.41, 5.74) is 3.50. The minimum atomic E-state index is -0.445. The molecule has 20 heavy (non-hydrogen) atoms. The zero-order valence-corrected chi connectivity index (χ0v) is 11.7. The van der Waals surface area contributed by atoms with E-state index in [2.05, 4.69) is 6.07 Å². The summed E-state index contributed by atoms with van der Waals surface area (Å²) in [7, 11) is 1.34. The van der Waals surface area contributed by atoms with Crippen molar-refractivity contribution in [1.82, 2.24) is 0 Å². The summed E-state index contributed by atoms with van der Waals surface area (Å²) >= 11 is 6.13. The number of esters is 1. The second-order valence-electron chi connectivity index (χ2n) is 4.58. The molecule has 2 aromatic carbocycles. The van der Waals surface area contributed by atoms with E-state index in [1.54, 1.807) is 12.1 Å². The van der Waals surface area contributed by atoms with Gasteiger partial charge in [-0.05, 0) is 17.2 Å². The monoisotopic (exact) mass is 288 g/mol. The van der Waals surface area contributed by atoms with Gasteiger partial charge < -0.3 is 9.47 Å². The Bertz CT molecular complexity index is 679. The molecule has 3 rings (SSSR count). The van der Waals surface area contributed by atoms with Crippen LogP contribution in [-0.4, -0.2) is 19.7 Å². The molecule has 4 heteroatoms. The van der Waals surface area contributed by atoms with Crippen LogP contribution < -0.4 is 4.74 Å². The highest BCUT2D eigenvalue weighted by atomic mass is 35.5. The van der Waals surface area contributed by atoms with Crippen molar-refractivity contribution in [3.05, 3.63) is 52.5 Å². The highest BCUT2D eigenvalue weighted by Gasteiger charge is 2.20. The fraction of sp³-hybridized carbons (Fsp3) is 0.188. The lowest BCUT2D eigenvalue weighted by Gasteiger charge is -2.11. The lowest BCUT2D eigenvalue weighted by Crippen LogP contribution is -2.03. The van der Waals surface area contributed by atoms with E-state index in [1.165, 1.54) is 12.7 Å². The first kappa shape index (κ1) is 13.0. The van der Waals surface area contributed by atoms with Gasteiger partial charge in [0.25, 0.3) is 0 Å². The highest BCUT2D eigenvalue weighted by Crippen LogP contribution is 2.38. The average Bonchev–Trinajstić information content (AvgIpc) is 2.64. The molecule has 0 saturated carbocycles. The molecule has 2 aromatic rings. The van der Waals surface area contributed by atoms with E-state index in [0.717, 1.165) is 17.5 Å². The van der Waals surface area contributed by atoms with Crippen molar-refractivity contribution < 1.29 is 14.3 Å². The molecule has 0 saturated heterocycles. The maximum Gasteiger partial charge on any atom is 0.339 e. The molecule has 0 bridgehead atoms. The van der Waals surface area contributed by atoms with Crippen molar-refractivity contribution >= 4 is 17.6 Å². The Hall–Kier alpha value is -2.00. The van der Waals surface area contributed by atoms with Crippen molar-refractivity contribution in [2.45, 2.75) is 6.42 Å². The first-order valence-corrected chi connectivity index (χ1v) is 6.71. The van der Waals surface area contributed by atoms with Crippen LogP contribution in [-0.2, 0) is 11.2 Å². The van der Waals surface area contributed by atoms with Crippen LogP contribution in [0.4, 0.5) is 0 Å². The lowest BCUT2D eigenvalue weighted by molar-refractivity contribution is 0.0601. The fourth-order valence-corrected chi connectivity index (χ4v) is 2.65. The van der Waals surface area contributed by atoms with Crippen LogP contribution in [0.2, 0.25) is 5.02 Å². The molecule has 0 radical (unpaired) electrons. The Balaban J connectivity index is 2.23. The van der Waals surface area contributed by atoms with E-state index in [-0.39, 0.29) is 0 Å². The normalized spacial score (nSPS) is 12.7. The molecule has 1 aliphatic heterocycles. The standard InChI is InChI=1S/C16H13ClO3/c1-19-16(18)13-8-12-11-5-3-2-4-10(11)6-7-20-15(12)9-14(13)17/h2-5,8-9H,6-7H2,1H3. The quantitative estimate of drug-likeness (QED) is 0.750. The van der Waals surface area contributed by atoms with E-state index in [1.807, 2.05) is 18.2 Å². The smallest absolute Gasteiger partial charge is 0.339 e. The molecular formula is C16H13ClO3. The molecule has 0 N–H and O–H groups in total. The zero-order valence-electron chi connectivity index (χ0n) is 11.0. The maximum atomic E-state index is 11.8. The van der Waals surface area contributed by atoms with Gasteiger partial charge in [0, 0.05) is 18.1 Å². The van der Waals surface area contributed by atoms with Gasteiger partial charge in [0.15, 0.2) is 0 Å². The highest BCUT2D eigenvalue weighted by molar-refractivity contribution is 6.34. The lowest BCUT2D eigenvalue weighted by atomic mass is 9.96. The third-order valence-electron chi connectivity index (χ3n) is 3.41. The van der Waals surface area contributed by atoms with Gasteiger partial charge in [-0.1, -0.05) is 35.9 Å². The number of ether oxygens (including phenoxy) is 2. The average molecular weight is 289 g/mol. The van der Waals surface area contributed by atoms with Gasteiger partial charge in [0.05, 0.1) is 24.3 Å². The van der Waals surface area contributed by atoms with Crippen LogP contribution >= 0.6 is 11.6 Å². The van der Waals surface area contributed by atoms with Gasteiger partial charge in [-0.15, -0.1) is 0 Å². The van der Waals surface area contributed by atoms with Gasteiger partial charge >= 0.3 is 5.97 Å². The first-order chi connectivity index (χ1) is 9.70. The van der Waals surface area contributed by atoms with Crippen LogP contribution in [0.3, 0.4) is 0 Å². The van der Waals surface area contributed by atoms with Gasteiger partial charge in [-0.25, -0.2) is 4.79 Å². The summed E-state index contributed by atoms with van der Waals surface area (Å²) in [6, 6.07) is 11.5. The number of benzene rings is 2. The minimum absolute atomic E-state index is 0.343. The van der Waals surface area contributed by atoms with Gasteiger partial charge in [-0.3, -0.25) is 0 Å². The number of carbonyl (C=O) groups excluding carboxylic acids is 1. The molecule has 0 atom stereocenters. The molecule has 1 heterocycles. The summed E-state index contributed by atoms with van der Waals surface area (Å²) < 4.78 is 10.5. The number of hydrogen-bond donors (Lipinski definition) is 0. The maximum absolute atomic E-state index is 11.8. The Labute approximate surface area is 122 Å². The molecule has 3 nitrogen and oxygen atoms in total. The SMILES string of the molecule is COC(=O)c1cc2c(cc1Cl)OCCc1ccccc1-2. The summed E-state index contributed by atoms with van der Waals surface area (Å²) in [4.78, 5) is 11.8. The number of halogens is 1. The number of carbonyl (C=O) groups is 1. The molecule has 102 valence electrons. The third kappa shape index (κ3) is 2.14. The molecular weight excluding hydrogens is 276 g/mol. The summed E-state index contributed by atoms with van der Waals surface area (Å²) in [6.45, 7) is 0.595. The minimum Gasteiger partial charge on any atom is -0.493 e. The molecule has 0 spiro atoms. The zero-order chi connectivity index (χ0) is 14.1. The molecule has 0 aromatic heterocycles. The summed E-state index contributed by atoms with van der Waals surface area (Å²) in [5, 5.41) is 0.343. The Kier molecular flexibility index (Phi) is 3.36. The predicted octanol–water partition coefficient (Wildman–Crippen LogP) is 3.73. The van der Waals surface area contributed by atoms with E-state index < -0.39 is 5.97 Å². The Morgan fingerprint density at radius 3 is 2.85 bits per heavy atom. The number of fused-ring (bicyclic) bond motifs is 3. The van der Waals surface area contributed by atoms with Crippen LogP contribution in [0, 0.1) is 0 Å². The van der Waals surface area contributed by atoms with Crippen LogP contribution in [0.15, 0.2) is 36.4 Å². The fourth-order valence-electron chi connectivity index (χ4n) is 2.42. The van der Waals surface area contributed by atoms with E-state index in [0.29, 0.717) is 22.9 Å². The van der Waals surface area contributed by atoms with Crippen molar-refractivity contribution in [3.63, 3.8) is 0 Å². The van der Waals surface area contributed by atoms with Crippen molar-refractivity contribution in [2.24, 2.45) is 0 Å².